The standard InChI is InChI=1S/C40H38N2O2P/c43-40-38-21-11-10-20-37(38)39(41-42(40)30-31-22-23-31)32-24-26-33(27-25-32)44-28-12-13-29-45(34-14-4-1-5-15-34,35-16-6-2-7-17-35)36-18-8-3-9-19-36/h1-11,14-21,24-27,31H,12-13,22-23,28-30H2/q+1. The van der Waals surface area contributed by atoms with E-state index in [2.05, 4.69) is 103 Å². The summed E-state index contributed by atoms with van der Waals surface area (Å²) >= 11 is 0. The highest BCUT2D eigenvalue weighted by atomic mass is 31.2. The fourth-order valence-electron chi connectivity index (χ4n) is 6.35. The number of rotatable bonds is 12. The zero-order chi connectivity index (χ0) is 30.5. The third kappa shape index (κ3) is 6.21. The first-order valence-corrected chi connectivity index (χ1v) is 18.0. The molecule has 0 unspecified atom stereocenters. The Morgan fingerprint density at radius 2 is 1.18 bits per heavy atom. The van der Waals surface area contributed by atoms with Crippen LogP contribution in [-0.4, -0.2) is 22.5 Å². The average molecular weight is 610 g/mol. The lowest BCUT2D eigenvalue weighted by molar-refractivity contribution is 0.310. The highest BCUT2D eigenvalue weighted by Gasteiger charge is 2.44. The monoisotopic (exact) mass is 609 g/mol. The second kappa shape index (κ2) is 13.2. The first-order chi connectivity index (χ1) is 22.2. The maximum Gasteiger partial charge on any atom is 0.274 e. The van der Waals surface area contributed by atoms with Crippen molar-refractivity contribution in [2.24, 2.45) is 5.92 Å². The van der Waals surface area contributed by atoms with Crippen molar-refractivity contribution < 1.29 is 4.74 Å². The van der Waals surface area contributed by atoms with Gasteiger partial charge in [0.1, 0.15) is 28.9 Å². The van der Waals surface area contributed by atoms with E-state index in [9.17, 15) is 4.79 Å². The number of nitrogens with zero attached hydrogens (tertiary/aromatic N) is 2. The van der Waals surface area contributed by atoms with Gasteiger partial charge in [-0.1, -0.05) is 72.8 Å². The van der Waals surface area contributed by atoms with E-state index in [-0.39, 0.29) is 5.56 Å². The van der Waals surface area contributed by atoms with Gasteiger partial charge >= 0.3 is 0 Å². The van der Waals surface area contributed by atoms with Gasteiger partial charge in [0.05, 0.1) is 23.8 Å². The van der Waals surface area contributed by atoms with E-state index in [1.54, 1.807) is 4.68 Å². The summed E-state index contributed by atoms with van der Waals surface area (Å²) in [5.41, 5.74) is 1.84. The molecule has 4 nitrogen and oxygen atoms in total. The Hall–Kier alpha value is -4.53. The zero-order valence-electron chi connectivity index (χ0n) is 25.5. The molecule has 0 atom stereocenters. The minimum absolute atomic E-state index is 0.000496. The summed E-state index contributed by atoms with van der Waals surface area (Å²) in [6.07, 6.45) is 5.46. The van der Waals surface area contributed by atoms with E-state index in [1.807, 2.05) is 36.4 Å². The molecule has 0 aliphatic heterocycles. The molecule has 45 heavy (non-hydrogen) atoms. The molecule has 6 aromatic rings. The van der Waals surface area contributed by atoms with Gasteiger partial charge in [-0.2, -0.15) is 5.10 Å². The number of unbranched alkanes of at least 4 members (excludes halogenated alkanes) is 1. The summed E-state index contributed by atoms with van der Waals surface area (Å²) in [5, 5.41) is 10.7. The summed E-state index contributed by atoms with van der Waals surface area (Å²) in [6.45, 7) is 1.35. The van der Waals surface area contributed by atoms with Crippen molar-refractivity contribution in [3.8, 4) is 17.0 Å². The van der Waals surface area contributed by atoms with Crippen LogP contribution in [0.4, 0.5) is 0 Å². The topological polar surface area (TPSA) is 44.1 Å². The summed E-state index contributed by atoms with van der Waals surface area (Å²) in [6, 6.07) is 49.2. The SMILES string of the molecule is O=c1c2ccccc2c(-c2ccc(OCCCC[P+](c3ccccc3)(c3ccccc3)c3ccccc3)cc2)nn1CC1CC1. The van der Waals surface area contributed by atoms with Crippen LogP contribution in [-0.2, 0) is 6.54 Å². The van der Waals surface area contributed by atoms with Crippen molar-refractivity contribution in [2.45, 2.75) is 32.2 Å². The molecule has 1 saturated carbocycles. The van der Waals surface area contributed by atoms with Crippen LogP contribution in [0, 0.1) is 5.92 Å². The first kappa shape index (κ1) is 29.2. The third-order valence-corrected chi connectivity index (χ3v) is 13.4. The minimum Gasteiger partial charge on any atom is -0.494 e. The van der Waals surface area contributed by atoms with Crippen LogP contribution in [0.3, 0.4) is 0 Å². The fraction of sp³-hybridized carbons (Fsp3) is 0.200. The molecule has 0 saturated heterocycles. The van der Waals surface area contributed by atoms with Gasteiger partial charge < -0.3 is 4.74 Å². The first-order valence-electron chi connectivity index (χ1n) is 16.0. The molecule has 0 amide bonds. The number of hydrogen-bond acceptors (Lipinski definition) is 3. The second-order valence-corrected chi connectivity index (χ2v) is 15.6. The van der Waals surface area contributed by atoms with Gasteiger partial charge in [0.2, 0.25) is 0 Å². The lowest BCUT2D eigenvalue weighted by atomic mass is 10.0. The molecule has 7 rings (SSSR count). The maximum absolute atomic E-state index is 13.1. The maximum atomic E-state index is 13.1. The molecule has 5 aromatic carbocycles. The molecule has 0 N–H and O–H groups in total. The van der Waals surface area contributed by atoms with Crippen molar-refractivity contribution in [1.29, 1.82) is 0 Å². The number of fused-ring (bicyclic) bond motifs is 1. The second-order valence-electron chi connectivity index (χ2n) is 11.9. The van der Waals surface area contributed by atoms with Crippen molar-refractivity contribution in [1.82, 2.24) is 9.78 Å². The van der Waals surface area contributed by atoms with Crippen LogP contribution in [0.2, 0.25) is 0 Å². The molecule has 1 aliphatic rings. The van der Waals surface area contributed by atoms with E-state index >= 15 is 0 Å². The average Bonchev–Trinajstić information content (AvgIpc) is 3.93. The molecule has 1 aliphatic carbocycles. The molecule has 0 bridgehead atoms. The quantitative estimate of drug-likeness (QED) is 0.106. The molecular formula is C40H38N2O2P+. The fourth-order valence-corrected chi connectivity index (χ4v) is 10.8. The Labute approximate surface area is 265 Å². The van der Waals surface area contributed by atoms with Gasteiger partial charge in [0, 0.05) is 17.5 Å². The van der Waals surface area contributed by atoms with Gasteiger partial charge in [-0.15, -0.1) is 0 Å². The smallest absolute Gasteiger partial charge is 0.274 e. The highest BCUT2D eigenvalue weighted by Crippen LogP contribution is 2.55. The van der Waals surface area contributed by atoms with E-state index in [0.29, 0.717) is 19.1 Å². The Kier molecular flexibility index (Phi) is 8.58. The summed E-state index contributed by atoms with van der Waals surface area (Å²) in [4.78, 5) is 13.1. The van der Waals surface area contributed by atoms with E-state index in [1.165, 1.54) is 28.8 Å². The van der Waals surface area contributed by atoms with Crippen molar-refractivity contribution >= 4 is 33.9 Å². The van der Waals surface area contributed by atoms with Crippen molar-refractivity contribution in [3.63, 3.8) is 0 Å². The summed E-state index contributed by atoms with van der Waals surface area (Å²) < 4.78 is 7.93. The van der Waals surface area contributed by atoms with E-state index in [0.717, 1.165) is 46.8 Å². The summed E-state index contributed by atoms with van der Waals surface area (Å²) in [7, 11) is -1.83. The molecule has 5 heteroatoms. The number of hydrogen-bond donors (Lipinski definition) is 0. The predicted octanol–water partition coefficient (Wildman–Crippen LogP) is 7.63. The minimum atomic E-state index is -1.83. The van der Waals surface area contributed by atoms with Crippen LogP contribution < -0.4 is 26.2 Å². The van der Waals surface area contributed by atoms with Crippen LogP contribution in [0.1, 0.15) is 25.7 Å². The Balaban J connectivity index is 1.07. The molecule has 224 valence electrons. The van der Waals surface area contributed by atoms with Gasteiger partial charge in [-0.3, -0.25) is 4.79 Å². The molecule has 0 radical (unpaired) electrons. The van der Waals surface area contributed by atoms with Crippen LogP contribution in [0.5, 0.6) is 5.75 Å². The lowest BCUT2D eigenvalue weighted by Gasteiger charge is -2.27. The number of aromatic nitrogens is 2. The highest BCUT2D eigenvalue weighted by molar-refractivity contribution is 7.95. The van der Waals surface area contributed by atoms with Crippen LogP contribution in [0.25, 0.3) is 22.0 Å². The number of benzene rings is 5. The van der Waals surface area contributed by atoms with Crippen LogP contribution in [0.15, 0.2) is 144 Å². The van der Waals surface area contributed by atoms with E-state index < -0.39 is 7.26 Å². The van der Waals surface area contributed by atoms with Crippen LogP contribution >= 0.6 is 7.26 Å². The lowest BCUT2D eigenvalue weighted by Crippen LogP contribution is -2.33. The van der Waals surface area contributed by atoms with E-state index in [4.69, 9.17) is 9.84 Å². The predicted molar refractivity (Wildman–Crippen MR) is 189 cm³/mol. The third-order valence-electron chi connectivity index (χ3n) is 8.87. The molecule has 1 aromatic heterocycles. The van der Waals surface area contributed by atoms with Gasteiger partial charge in [0.15, 0.2) is 0 Å². The van der Waals surface area contributed by atoms with Gasteiger partial charge in [-0.05, 0) is 98.3 Å². The van der Waals surface area contributed by atoms with Gasteiger partial charge in [0.25, 0.3) is 5.56 Å². The Morgan fingerprint density at radius 3 is 1.73 bits per heavy atom. The largest absolute Gasteiger partial charge is 0.494 e. The molecule has 1 heterocycles. The normalized spacial score (nSPS) is 13.2. The Bertz CT molecular complexity index is 1820. The van der Waals surface area contributed by atoms with Crippen molar-refractivity contribution in [2.75, 3.05) is 12.8 Å². The van der Waals surface area contributed by atoms with Crippen molar-refractivity contribution in [3.05, 3.63) is 150 Å². The zero-order valence-corrected chi connectivity index (χ0v) is 26.4. The molecular weight excluding hydrogens is 571 g/mol. The molecule has 0 spiro atoms. The number of ether oxygens (including phenoxy) is 1. The summed E-state index contributed by atoms with van der Waals surface area (Å²) in [5.74, 6) is 1.42. The Morgan fingerprint density at radius 1 is 0.644 bits per heavy atom. The van der Waals surface area contributed by atoms with Gasteiger partial charge in [-0.25, -0.2) is 4.68 Å². The molecule has 1 fully saturated rings.